The van der Waals surface area contributed by atoms with Crippen molar-refractivity contribution >= 4 is 32.4 Å². The summed E-state index contributed by atoms with van der Waals surface area (Å²) in [5.74, 6) is -0.274. The Kier molecular flexibility index (Phi) is 5.68. The predicted octanol–water partition coefficient (Wildman–Crippen LogP) is 2.35. The Morgan fingerprint density at radius 2 is 2.15 bits per heavy atom. The molecule has 0 radical (unpaired) electrons. The summed E-state index contributed by atoms with van der Waals surface area (Å²) in [6, 6.07) is 0. The van der Waals surface area contributed by atoms with Crippen molar-refractivity contribution in [3.05, 3.63) is 23.0 Å². The van der Waals surface area contributed by atoms with E-state index in [2.05, 4.69) is 15.4 Å². The molecule has 0 bridgehead atoms. The van der Waals surface area contributed by atoms with E-state index in [0.717, 1.165) is 5.69 Å². The summed E-state index contributed by atoms with van der Waals surface area (Å²) < 4.78 is 28.8. The van der Waals surface area contributed by atoms with Gasteiger partial charge in [-0.2, -0.15) is 9.40 Å². The van der Waals surface area contributed by atoms with E-state index >= 15 is 0 Å². The number of hydrogen-bond donors (Lipinski definition) is 1. The minimum atomic E-state index is -3.66. The summed E-state index contributed by atoms with van der Waals surface area (Å²) in [5.41, 5.74) is 1.41. The predicted molar refractivity (Wildman–Crippen MR) is 104 cm³/mol. The number of sulfonamides is 1. The first-order valence-corrected chi connectivity index (χ1v) is 11.3. The zero-order chi connectivity index (χ0) is 19.8. The number of carbonyl (C=O) groups excluding carboxylic acids is 1. The zero-order valence-electron chi connectivity index (χ0n) is 16.0. The largest absolute Gasteiger partial charge is 0.302 e. The van der Waals surface area contributed by atoms with Crippen LogP contribution in [-0.2, 0) is 21.9 Å². The number of piperidine rings is 1. The van der Waals surface area contributed by atoms with Crippen LogP contribution in [0.25, 0.3) is 0 Å². The average Bonchev–Trinajstić information content (AvgIpc) is 3.21. The van der Waals surface area contributed by atoms with Crippen LogP contribution in [0.5, 0.6) is 0 Å². The Labute approximate surface area is 163 Å². The van der Waals surface area contributed by atoms with E-state index < -0.39 is 15.9 Å². The van der Waals surface area contributed by atoms with Crippen molar-refractivity contribution in [2.24, 2.45) is 13.0 Å². The van der Waals surface area contributed by atoms with Crippen LogP contribution in [0, 0.1) is 12.8 Å². The number of rotatable bonds is 5. The van der Waals surface area contributed by atoms with Crippen molar-refractivity contribution in [3.63, 3.8) is 0 Å². The molecule has 1 saturated heterocycles. The van der Waals surface area contributed by atoms with Crippen LogP contribution in [0.2, 0.25) is 0 Å². The highest BCUT2D eigenvalue weighted by atomic mass is 32.2. The van der Waals surface area contributed by atoms with Crippen molar-refractivity contribution < 1.29 is 13.2 Å². The SMILES string of the molecule is Cc1nn(C)cc1S(=O)(=O)N1CCC[C@@H](C(=O)Nc2nc(C(C)C)cs2)C1. The van der Waals surface area contributed by atoms with Crippen molar-refractivity contribution in [2.45, 2.75) is 44.4 Å². The van der Waals surface area contributed by atoms with Gasteiger partial charge in [-0.25, -0.2) is 13.4 Å². The molecule has 1 aliphatic rings. The summed E-state index contributed by atoms with van der Waals surface area (Å²) in [7, 11) is -1.97. The van der Waals surface area contributed by atoms with Gasteiger partial charge in [0.25, 0.3) is 0 Å². The monoisotopic (exact) mass is 411 g/mol. The number of anilines is 1. The number of nitrogens with one attached hydrogen (secondary N) is 1. The maximum Gasteiger partial charge on any atom is 0.246 e. The molecule has 1 N–H and O–H groups in total. The molecule has 1 fully saturated rings. The first-order valence-electron chi connectivity index (χ1n) is 8.95. The molecule has 1 aliphatic heterocycles. The molecule has 148 valence electrons. The van der Waals surface area contributed by atoms with E-state index in [1.54, 1.807) is 14.0 Å². The van der Waals surface area contributed by atoms with E-state index in [4.69, 9.17) is 0 Å². The molecule has 0 aromatic carbocycles. The molecular weight excluding hydrogens is 386 g/mol. The third-order valence-electron chi connectivity index (χ3n) is 4.68. The Balaban J connectivity index is 1.71. The molecule has 0 saturated carbocycles. The van der Waals surface area contributed by atoms with E-state index in [1.165, 1.54) is 26.5 Å². The number of nitrogens with zero attached hydrogens (tertiary/aromatic N) is 4. The van der Waals surface area contributed by atoms with E-state index in [-0.39, 0.29) is 17.3 Å². The van der Waals surface area contributed by atoms with Crippen molar-refractivity contribution in [1.29, 1.82) is 0 Å². The van der Waals surface area contributed by atoms with Gasteiger partial charge in [0.05, 0.1) is 17.3 Å². The van der Waals surface area contributed by atoms with Gasteiger partial charge in [0, 0.05) is 31.7 Å². The Hall–Kier alpha value is -1.78. The Bertz CT molecular complexity index is 932. The van der Waals surface area contributed by atoms with Crippen molar-refractivity contribution in [2.75, 3.05) is 18.4 Å². The summed E-state index contributed by atoms with van der Waals surface area (Å²) in [6.07, 6.45) is 2.81. The molecule has 2 aromatic heterocycles. The summed E-state index contributed by atoms with van der Waals surface area (Å²) in [4.78, 5) is 17.3. The number of aromatic nitrogens is 3. The molecule has 2 aromatic rings. The second-order valence-electron chi connectivity index (χ2n) is 7.18. The number of aryl methyl sites for hydroxylation is 2. The summed E-state index contributed by atoms with van der Waals surface area (Å²) >= 11 is 1.39. The molecule has 1 amide bonds. The van der Waals surface area contributed by atoms with Crippen LogP contribution < -0.4 is 5.32 Å². The molecule has 8 nitrogen and oxygen atoms in total. The second-order valence-corrected chi connectivity index (χ2v) is 9.94. The molecule has 0 unspecified atom stereocenters. The maximum atomic E-state index is 13.0. The maximum absolute atomic E-state index is 13.0. The smallest absolute Gasteiger partial charge is 0.246 e. The first kappa shape index (κ1) is 20.0. The van der Waals surface area contributed by atoms with Gasteiger partial charge >= 0.3 is 0 Å². The quantitative estimate of drug-likeness (QED) is 0.814. The molecule has 3 heterocycles. The lowest BCUT2D eigenvalue weighted by molar-refractivity contribution is -0.120. The van der Waals surface area contributed by atoms with Gasteiger partial charge < -0.3 is 5.32 Å². The molecule has 0 aliphatic carbocycles. The Morgan fingerprint density at radius 3 is 2.74 bits per heavy atom. The zero-order valence-corrected chi connectivity index (χ0v) is 17.6. The van der Waals surface area contributed by atoms with Gasteiger partial charge in [0.1, 0.15) is 4.90 Å². The highest BCUT2D eigenvalue weighted by Crippen LogP contribution is 2.27. The van der Waals surface area contributed by atoms with Gasteiger partial charge in [-0.15, -0.1) is 11.3 Å². The minimum Gasteiger partial charge on any atom is -0.302 e. The van der Waals surface area contributed by atoms with Gasteiger partial charge in [0.2, 0.25) is 15.9 Å². The van der Waals surface area contributed by atoms with Crippen molar-refractivity contribution in [1.82, 2.24) is 19.1 Å². The first-order chi connectivity index (χ1) is 12.7. The molecule has 10 heteroatoms. The van der Waals surface area contributed by atoms with E-state index in [0.29, 0.717) is 36.1 Å². The summed E-state index contributed by atoms with van der Waals surface area (Å²) in [5, 5.41) is 9.46. The molecule has 1 atom stereocenters. The minimum absolute atomic E-state index is 0.172. The van der Waals surface area contributed by atoms with Gasteiger partial charge in [0.15, 0.2) is 5.13 Å². The fourth-order valence-electron chi connectivity index (χ4n) is 3.16. The van der Waals surface area contributed by atoms with Crippen LogP contribution in [0.1, 0.15) is 44.0 Å². The highest BCUT2D eigenvalue weighted by molar-refractivity contribution is 7.89. The third kappa shape index (κ3) is 4.22. The van der Waals surface area contributed by atoms with Gasteiger partial charge in [-0.1, -0.05) is 13.8 Å². The lowest BCUT2D eigenvalue weighted by atomic mass is 9.99. The molecule has 0 spiro atoms. The van der Waals surface area contributed by atoms with Gasteiger partial charge in [-0.3, -0.25) is 9.48 Å². The Morgan fingerprint density at radius 1 is 1.41 bits per heavy atom. The third-order valence-corrected chi connectivity index (χ3v) is 7.43. The van der Waals surface area contributed by atoms with Crippen LogP contribution in [0.4, 0.5) is 5.13 Å². The number of amides is 1. The lowest BCUT2D eigenvalue weighted by Crippen LogP contribution is -2.43. The number of hydrogen-bond acceptors (Lipinski definition) is 6. The molecular formula is C17H25N5O3S2. The van der Waals surface area contributed by atoms with Crippen LogP contribution >= 0.6 is 11.3 Å². The van der Waals surface area contributed by atoms with Crippen LogP contribution in [0.3, 0.4) is 0 Å². The second kappa shape index (κ2) is 7.69. The fraction of sp³-hybridized carbons (Fsp3) is 0.588. The van der Waals surface area contributed by atoms with Crippen LogP contribution in [0.15, 0.2) is 16.5 Å². The van der Waals surface area contributed by atoms with E-state index in [9.17, 15) is 13.2 Å². The number of thiazole rings is 1. The number of carbonyl (C=O) groups is 1. The summed E-state index contributed by atoms with van der Waals surface area (Å²) in [6.45, 7) is 6.35. The fourth-order valence-corrected chi connectivity index (χ4v) is 5.76. The molecule has 3 rings (SSSR count). The molecule has 27 heavy (non-hydrogen) atoms. The normalized spacial score (nSPS) is 18.8. The van der Waals surface area contributed by atoms with Crippen LogP contribution in [-0.4, -0.2) is 46.5 Å². The highest BCUT2D eigenvalue weighted by Gasteiger charge is 2.35. The lowest BCUT2D eigenvalue weighted by Gasteiger charge is -2.30. The van der Waals surface area contributed by atoms with Gasteiger partial charge in [-0.05, 0) is 25.7 Å². The standard InChI is InChI=1S/C17H25N5O3S2/c1-11(2)14-10-26-17(18-14)19-16(23)13-6-5-7-22(8-13)27(24,25)15-9-21(4)20-12(15)3/h9-11,13H,5-8H2,1-4H3,(H,18,19,23)/t13-/m1/s1. The van der Waals surface area contributed by atoms with Crippen molar-refractivity contribution in [3.8, 4) is 0 Å². The van der Waals surface area contributed by atoms with E-state index in [1.807, 2.05) is 19.2 Å². The average molecular weight is 412 g/mol. The topological polar surface area (TPSA) is 97.2 Å².